The number of halogens is 2. The summed E-state index contributed by atoms with van der Waals surface area (Å²) >= 11 is 5.80. The van der Waals surface area contributed by atoms with E-state index in [0.717, 1.165) is 36.1 Å². The highest BCUT2D eigenvalue weighted by Crippen LogP contribution is 2.20. The number of carbonyl (C=O) groups excluding carboxylic acids is 1. The SMILES string of the molecule is Cc1nc(N(C)C)cc(N2CCN(C(=O)CCc3ccc(F)c(Cl)c3)CC2)n1. The highest BCUT2D eigenvalue weighted by molar-refractivity contribution is 6.30. The van der Waals surface area contributed by atoms with Crippen LogP contribution in [0.25, 0.3) is 0 Å². The predicted molar refractivity (Wildman–Crippen MR) is 110 cm³/mol. The Hall–Kier alpha value is -2.41. The molecule has 0 saturated carbocycles. The Morgan fingerprint density at radius 1 is 1.18 bits per heavy atom. The van der Waals surface area contributed by atoms with Crippen molar-refractivity contribution in [3.05, 3.63) is 46.5 Å². The standard InChI is InChI=1S/C20H25ClFN5O/c1-14-23-18(25(2)3)13-19(24-14)26-8-10-27(11-9-26)20(28)7-5-15-4-6-17(22)16(21)12-15/h4,6,12-13H,5,7-11H2,1-3H3. The third-order valence-electron chi connectivity index (χ3n) is 4.84. The molecule has 2 aromatic rings. The second-order valence-corrected chi connectivity index (χ2v) is 7.55. The van der Waals surface area contributed by atoms with Gasteiger partial charge in [0.15, 0.2) is 0 Å². The van der Waals surface area contributed by atoms with E-state index < -0.39 is 5.82 Å². The van der Waals surface area contributed by atoms with E-state index in [1.54, 1.807) is 12.1 Å². The molecule has 0 atom stereocenters. The maximum absolute atomic E-state index is 13.2. The Morgan fingerprint density at radius 3 is 2.54 bits per heavy atom. The first-order valence-corrected chi connectivity index (χ1v) is 9.71. The molecule has 1 saturated heterocycles. The van der Waals surface area contributed by atoms with Gasteiger partial charge in [-0.05, 0) is 31.0 Å². The monoisotopic (exact) mass is 405 g/mol. The Bertz CT molecular complexity index is 852. The van der Waals surface area contributed by atoms with Crippen LogP contribution < -0.4 is 9.80 Å². The van der Waals surface area contributed by atoms with E-state index in [1.807, 2.05) is 36.9 Å². The maximum atomic E-state index is 13.2. The zero-order valence-electron chi connectivity index (χ0n) is 16.5. The van der Waals surface area contributed by atoms with Crippen LogP contribution in [0.5, 0.6) is 0 Å². The minimum Gasteiger partial charge on any atom is -0.363 e. The summed E-state index contributed by atoms with van der Waals surface area (Å²) in [6.07, 6.45) is 0.940. The van der Waals surface area contributed by atoms with E-state index in [9.17, 15) is 9.18 Å². The van der Waals surface area contributed by atoms with E-state index in [-0.39, 0.29) is 10.9 Å². The molecule has 1 aliphatic rings. The fraction of sp³-hybridized carbons (Fsp3) is 0.450. The summed E-state index contributed by atoms with van der Waals surface area (Å²) in [5, 5.41) is 0.0933. The molecule has 8 heteroatoms. The van der Waals surface area contributed by atoms with Gasteiger partial charge in [0.1, 0.15) is 23.3 Å². The van der Waals surface area contributed by atoms with Crippen molar-refractivity contribution in [1.82, 2.24) is 14.9 Å². The summed E-state index contributed by atoms with van der Waals surface area (Å²) in [7, 11) is 3.91. The van der Waals surface area contributed by atoms with Crippen LogP contribution >= 0.6 is 11.6 Å². The molecule has 2 heterocycles. The van der Waals surface area contributed by atoms with Gasteiger partial charge in [-0.3, -0.25) is 4.79 Å². The van der Waals surface area contributed by atoms with Gasteiger partial charge in [0.05, 0.1) is 5.02 Å². The number of anilines is 2. The lowest BCUT2D eigenvalue weighted by atomic mass is 10.1. The quantitative estimate of drug-likeness (QED) is 0.765. The zero-order chi connectivity index (χ0) is 20.3. The summed E-state index contributed by atoms with van der Waals surface area (Å²) in [6.45, 7) is 4.67. The van der Waals surface area contributed by atoms with Crippen molar-refractivity contribution in [2.24, 2.45) is 0 Å². The van der Waals surface area contributed by atoms with Gasteiger partial charge in [0, 0.05) is 52.8 Å². The Labute approximate surface area is 169 Å². The highest BCUT2D eigenvalue weighted by atomic mass is 35.5. The molecule has 1 amide bonds. The molecule has 0 aliphatic carbocycles. The average Bonchev–Trinajstić information content (AvgIpc) is 2.68. The third-order valence-corrected chi connectivity index (χ3v) is 5.13. The Morgan fingerprint density at radius 2 is 1.89 bits per heavy atom. The van der Waals surface area contributed by atoms with Crippen LogP contribution in [-0.2, 0) is 11.2 Å². The molecule has 0 spiro atoms. The van der Waals surface area contributed by atoms with Gasteiger partial charge in [-0.25, -0.2) is 14.4 Å². The van der Waals surface area contributed by atoms with Crippen molar-refractivity contribution in [1.29, 1.82) is 0 Å². The number of piperazine rings is 1. The predicted octanol–water partition coefficient (Wildman–Crippen LogP) is 2.92. The number of amides is 1. The fourth-order valence-electron chi connectivity index (χ4n) is 3.22. The number of hydrogen-bond acceptors (Lipinski definition) is 5. The topological polar surface area (TPSA) is 52.6 Å². The summed E-state index contributed by atoms with van der Waals surface area (Å²) in [5.74, 6) is 2.17. The van der Waals surface area contributed by atoms with Gasteiger partial charge in [-0.2, -0.15) is 0 Å². The first-order chi connectivity index (χ1) is 13.3. The van der Waals surface area contributed by atoms with Crippen molar-refractivity contribution in [2.45, 2.75) is 19.8 Å². The molecule has 0 unspecified atom stereocenters. The molecule has 3 rings (SSSR count). The van der Waals surface area contributed by atoms with Gasteiger partial charge >= 0.3 is 0 Å². The lowest BCUT2D eigenvalue weighted by Gasteiger charge is -2.35. The van der Waals surface area contributed by atoms with Gasteiger partial charge in [-0.1, -0.05) is 17.7 Å². The fourth-order valence-corrected chi connectivity index (χ4v) is 3.42. The first-order valence-electron chi connectivity index (χ1n) is 9.33. The number of aromatic nitrogens is 2. The van der Waals surface area contributed by atoms with Crippen LogP contribution in [0.3, 0.4) is 0 Å². The maximum Gasteiger partial charge on any atom is 0.223 e. The van der Waals surface area contributed by atoms with E-state index in [1.165, 1.54) is 6.07 Å². The number of benzene rings is 1. The highest BCUT2D eigenvalue weighted by Gasteiger charge is 2.22. The molecule has 0 bridgehead atoms. The van der Waals surface area contributed by atoms with E-state index in [4.69, 9.17) is 11.6 Å². The van der Waals surface area contributed by atoms with Crippen molar-refractivity contribution >= 4 is 29.1 Å². The molecule has 6 nitrogen and oxygen atoms in total. The minimum absolute atomic E-state index is 0.0933. The van der Waals surface area contributed by atoms with Gasteiger partial charge in [0.2, 0.25) is 5.91 Å². The number of hydrogen-bond donors (Lipinski definition) is 0. The molecule has 150 valence electrons. The van der Waals surface area contributed by atoms with Gasteiger partial charge < -0.3 is 14.7 Å². The lowest BCUT2D eigenvalue weighted by molar-refractivity contribution is -0.131. The molecule has 0 radical (unpaired) electrons. The number of nitrogens with zero attached hydrogens (tertiary/aromatic N) is 5. The van der Waals surface area contributed by atoms with Crippen LogP contribution in [-0.4, -0.2) is 61.0 Å². The van der Waals surface area contributed by atoms with Crippen molar-refractivity contribution < 1.29 is 9.18 Å². The molecule has 28 heavy (non-hydrogen) atoms. The minimum atomic E-state index is -0.440. The van der Waals surface area contributed by atoms with Crippen molar-refractivity contribution in [3.8, 4) is 0 Å². The van der Waals surface area contributed by atoms with E-state index in [0.29, 0.717) is 25.9 Å². The van der Waals surface area contributed by atoms with E-state index >= 15 is 0 Å². The number of rotatable bonds is 5. The number of carbonyl (C=O) groups is 1. The molecule has 0 N–H and O–H groups in total. The Balaban J connectivity index is 1.54. The molecule has 1 aromatic carbocycles. The smallest absolute Gasteiger partial charge is 0.223 e. The second-order valence-electron chi connectivity index (χ2n) is 7.14. The summed E-state index contributed by atoms with van der Waals surface area (Å²) in [6, 6.07) is 6.57. The zero-order valence-corrected chi connectivity index (χ0v) is 17.2. The van der Waals surface area contributed by atoms with Crippen LogP contribution in [0.15, 0.2) is 24.3 Å². The van der Waals surface area contributed by atoms with E-state index in [2.05, 4.69) is 14.9 Å². The van der Waals surface area contributed by atoms with Crippen LogP contribution in [0.2, 0.25) is 5.02 Å². The van der Waals surface area contributed by atoms with Crippen molar-refractivity contribution in [3.63, 3.8) is 0 Å². The molecule has 1 fully saturated rings. The second kappa shape index (κ2) is 8.73. The van der Waals surface area contributed by atoms with Crippen LogP contribution in [0.1, 0.15) is 17.8 Å². The molecule has 1 aliphatic heterocycles. The molecule has 1 aromatic heterocycles. The van der Waals surface area contributed by atoms with Gasteiger partial charge in [-0.15, -0.1) is 0 Å². The van der Waals surface area contributed by atoms with Crippen molar-refractivity contribution in [2.75, 3.05) is 50.1 Å². The Kier molecular flexibility index (Phi) is 6.34. The normalized spacial score (nSPS) is 14.3. The third kappa shape index (κ3) is 4.90. The largest absolute Gasteiger partial charge is 0.363 e. The molecular formula is C20H25ClFN5O. The summed E-state index contributed by atoms with van der Waals surface area (Å²) in [4.78, 5) is 27.5. The summed E-state index contributed by atoms with van der Waals surface area (Å²) in [5.41, 5.74) is 0.867. The van der Waals surface area contributed by atoms with Crippen LogP contribution in [0, 0.1) is 12.7 Å². The number of aryl methyl sites for hydroxylation is 2. The molecular weight excluding hydrogens is 381 g/mol. The van der Waals surface area contributed by atoms with Gasteiger partial charge in [0.25, 0.3) is 0 Å². The average molecular weight is 406 g/mol. The lowest BCUT2D eigenvalue weighted by Crippen LogP contribution is -2.49. The summed E-state index contributed by atoms with van der Waals surface area (Å²) < 4.78 is 13.2. The van der Waals surface area contributed by atoms with Crippen LogP contribution in [0.4, 0.5) is 16.0 Å². The first kappa shape index (κ1) is 20.3.